The van der Waals surface area contributed by atoms with Crippen LogP contribution < -0.4 is 0 Å². The summed E-state index contributed by atoms with van der Waals surface area (Å²) >= 11 is 0. The smallest absolute Gasteiger partial charge is 0.281 e. The van der Waals surface area contributed by atoms with Crippen molar-refractivity contribution in [3.05, 3.63) is 117 Å². The van der Waals surface area contributed by atoms with Gasteiger partial charge in [-0.3, -0.25) is 20.0 Å². The van der Waals surface area contributed by atoms with Crippen LogP contribution >= 0.6 is 0 Å². The van der Waals surface area contributed by atoms with Crippen molar-refractivity contribution in [3.63, 3.8) is 0 Å². The number of hydrogen-bond donors (Lipinski definition) is 0. The average molecular weight is 521 g/mol. The molecule has 0 unspecified atom stereocenters. The molecule has 4 heteroatoms. The van der Waals surface area contributed by atoms with Gasteiger partial charge in [0.05, 0.1) is 17.1 Å². The maximum Gasteiger partial charge on any atom is 1.00 e. The van der Waals surface area contributed by atoms with Crippen LogP contribution in [0.5, 0.6) is 0 Å². The highest BCUT2D eigenvalue weighted by Crippen LogP contribution is 2.30. The quantitative estimate of drug-likeness (QED) is 0.212. The average Bonchev–Trinajstić information content (AvgIpc) is 2.96. The van der Waals surface area contributed by atoms with E-state index in [4.69, 9.17) is 20.0 Å². The Bertz CT molecular complexity index is 1460. The Morgan fingerprint density at radius 3 is 1.30 bits per heavy atom. The molecule has 1 aliphatic heterocycles. The molecule has 0 aromatic heterocycles. The van der Waals surface area contributed by atoms with Crippen molar-refractivity contribution >= 4 is 47.6 Å². The van der Waals surface area contributed by atoms with Crippen LogP contribution in [0.2, 0.25) is 0 Å². The van der Waals surface area contributed by atoms with E-state index in [1.807, 2.05) is 24.9 Å². The van der Waals surface area contributed by atoms with E-state index in [1.165, 1.54) is 44.5 Å². The van der Waals surface area contributed by atoms with Crippen molar-refractivity contribution in [2.75, 3.05) is 0 Å². The third-order valence-electron chi connectivity index (χ3n) is 8.22. The van der Waals surface area contributed by atoms with E-state index in [-0.39, 0.29) is 1.43 Å². The summed E-state index contributed by atoms with van der Waals surface area (Å²) in [4.78, 5) is 19.6. The van der Waals surface area contributed by atoms with Gasteiger partial charge in [0, 0.05) is 24.9 Å². The van der Waals surface area contributed by atoms with Crippen LogP contribution in [-0.4, -0.2) is 24.9 Å². The number of aryl methyl sites for hydroxylation is 8. The zero-order chi connectivity index (χ0) is 26.7. The lowest BCUT2D eigenvalue weighted by atomic mass is 9.94. The topological polar surface area (TPSA) is 49.4 Å². The second-order valence-electron chi connectivity index (χ2n) is 10.9. The van der Waals surface area contributed by atoms with Crippen LogP contribution in [0.3, 0.4) is 0 Å². The van der Waals surface area contributed by atoms with Crippen LogP contribution in [0.15, 0.2) is 86.7 Å². The van der Waals surface area contributed by atoms with E-state index in [2.05, 4.69) is 72.8 Å². The van der Waals surface area contributed by atoms with Crippen LogP contribution in [0.25, 0.3) is 0 Å². The summed E-state index contributed by atoms with van der Waals surface area (Å²) < 4.78 is 0. The maximum atomic E-state index is 4.90. The van der Waals surface area contributed by atoms with Crippen molar-refractivity contribution in [2.24, 2.45) is 20.0 Å². The van der Waals surface area contributed by atoms with Gasteiger partial charge in [-0.25, -0.2) is 0 Å². The number of hydrogen-bond acceptors (Lipinski definition) is 4. The summed E-state index contributed by atoms with van der Waals surface area (Å²) in [5, 5.41) is 0. The van der Waals surface area contributed by atoms with E-state index in [0.29, 0.717) is 0 Å². The number of aliphatic imine (C=N–C) groups is 4. The first-order chi connectivity index (χ1) is 19.8. The molecule has 0 radical (unpaired) electrons. The van der Waals surface area contributed by atoms with Crippen LogP contribution in [0, 0.1) is 6.07 Å². The lowest BCUT2D eigenvalue weighted by Gasteiger charge is -2.19. The zero-order valence-electron chi connectivity index (χ0n) is 23.6. The SMILES string of the molecule is [H+].[c-]1cc2c3cc1CCc1ccc(cc1N=CC=Nc1cc4ccc1CCc1ccc(c(c1)N=CC=N3)CC4)CC2. The highest BCUT2D eigenvalue weighted by molar-refractivity contribution is 6.18. The molecule has 4 aromatic rings. The Balaban J connectivity index is 0.00000302. The lowest BCUT2D eigenvalue weighted by Crippen LogP contribution is -2.00. The van der Waals surface area contributed by atoms with Gasteiger partial charge < -0.3 is 0 Å². The Kier molecular flexibility index (Phi) is 6.75. The second-order valence-corrected chi connectivity index (χ2v) is 10.9. The standard InChI is InChI=1S/C36H31N4/c1-9-29-14-6-26-2-10-30-13-5-25(1)21-33(29)37-17-18-39-35-23-27-3-11-31(35)15-7-28-4-12-32(16-8-27)36(24-28)40-20-19-38-34(30)22-26/h1-3,9-12,17-24H,5-8,13-16H2/q-1/p+1. The fraction of sp³-hybridized carbons (Fsp3) is 0.222. The van der Waals surface area contributed by atoms with Gasteiger partial charge in [-0.2, -0.15) is 17.7 Å². The minimum absolute atomic E-state index is 0. The summed E-state index contributed by atoms with van der Waals surface area (Å²) in [5.74, 6) is 0. The molecule has 0 saturated carbocycles. The first-order valence-electron chi connectivity index (χ1n) is 14.3. The van der Waals surface area contributed by atoms with Gasteiger partial charge in [-0.15, -0.1) is 11.6 Å². The molecule has 0 spiro atoms. The summed E-state index contributed by atoms with van der Waals surface area (Å²) in [5.41, 5.74) is 14.1. The monoisotopic (exact) mass is 520 g/mol. The number of nitrogens with zero attached hydrogens (tertiary/aromatic N) is 4. The second kappa shape index (κ2) is 11.0. The van der Waals surface area contributed by atoms with Crippen molar-refractivity contribution < 1.29 is 1.43 Å². The number of benzene rings is 4. The summed E-state index contributed by atoms with van der Waals surface area (Å²) in [6, 6.07) is 28.1. The Morgan fingerprint density at radius 1 is 0.425 bits per heavy atom. The van der Waals surface area contributed by atoms with E-state index < -0.39 is 0 Å². The highest BCUT2D eigenvalue weighted by atomic mass is 14.8. The maximum absolute atomic E-state index is 4.90. The van der Waals surface area contributed by atoms with Crippen molar-refractivity contribution in [3.8, 4) is 0 Å². The fourth-order valence-corrected chi connectivity index (χ4v) is 5.87. The molecule has 40 heavy (non-hydrogen) atoms. The number of rotatable bonds is 0. The van der Waals surface area contributed by atoms with Gasteiger partial charge in [0.25, 0.3) is 0 Å². The van der Waals surface area contributed by atoms with E-state index in [1.54, 1.807) is 0 Å². The molecular weight excluding hydrogens is 488 g/mol. The minimum Gasteiger partial charge on any atom is -0.281 e. The van der Waals surface area contributed by atoms with Gasteiger partial charge in [0.2, 0.25) is 0 Å². The molecule has 12 bridgehead atoms. The third-order valence-corrected chi connectivity index (χ3v) is 8.22. The molecule has 0 saturated heterocycles. The van der Waals surface area contributed by atoms with Crippen LogP contribution in [0.1, 0.15) is 45.9 Å². The van der Waals surface area contributed by atoms with E-state index >= 15 is 0 Å². The molecule has 0 amide bonds. The van der Waals surface area contributed by atoms with E-state index in [9.17, 15) is 0 Å². The molecule has 4 aromatic carbocycles. The predicted octanol–water partition coefficient (Wildman–Crippen LogP) is 7.89. The molecular formula is C36H32N4. The summed E-state index contributed by atoms with van der Waals surface area (Å²) in [7, 11) is 0. The minimum atomic E-state index is 0. The van der Waals surface area contributed by atoms with Gasteiger partial charge in [0.15, 0.2) is 0 Å². The molecule has 1 heterocycles. The van der Waals surface area contributed by atoms with Gasteiger partial charge in [0.1, 0.15) is 0 Å². The van der Waals surface area contributed by atoms with Gasteiger partial charge in [-0.05, 0) is 102 Å². The Hall–Kier alpha value is -4.44. The molecule has 0 N–H and O–H groups in total. The molecule has 4 nitrogen and oxygen atoms in total. The van der Waals surface area contributed by atoms with Crippen LogP contribution in [-0.2, 0) is 51.4 Å². The Labute approximate surface area is 237 Å². The molecule has 0 atom stereocenters. The normalized spacial score (nSPS) is 15.8. The third kappa shape index (κ3) is 5.35. The Morgan fingerprint density at radius 2 is 0.825 bits per heavy atom. The summed E-state index contributed by atoms with van der Waals surface area (Å²) in [6.07, 6.45) is 14.8. The highest BCUT2D eigenvalue weighted by Gasteiger charge is 2.11. The molecule has 13 rings (SSSR count). The first kappa shape index (κ1) is 24.6. The summed E-state index contributed by atoms with van der Waals surface area (Å²) in [6.45, 7) is 0. The van der Waals surface area contributed by atoms with Crippen molar-refractivity contribution in [1.29, 1.82) is 0 Å². The van der Waals surface area contributed by atoms with Crippen molar-refractivity contribution in [2.45, 2.75) is 51.4 Å². The van der Waals surface area contributed by atoms with Crippen LogP contribution in [0.4, 0.5) is 22.7 Å². The van der Waals surface area contributed by atoms with Crippen molar-refractivity contribution in [1.82, 2.24) is 0 Å². The predicted molar refractivity (Wildman–Crippen MR) is 168 cm³/mol. The largest absolute Gasteiger partial charge is 1.00 e. The zero-order valence-corrected chi connectivity index (χ0v) is 22.6. The molecule has 196 valence electrons. The molecule has 9 aliphatic rings. The first-order valence-corrected chi connectivity index (χ1v) is 14.3. The van der Waals surface area contributed by atoms with Gasteiger partial charge in [-0.1, -0.05) is 42.8 Å². The lowest BCUT2D eigenvalue weighted by molar-refractivity contribution is 0.920. The fourth-order valence-electron chi connectivity index (χ4n) is 5.87. The van der Waals surface area contributed by atoms with Gasteiger partial charge >= 0.3 is 1.43 Å². The molecule has 0 fully saturated rings. The molecule has 8 aliphatic carbocycles. The van der Waals surface area contributed by atoms with E-state index in [0.717, 1.165) is 74.1 Å².